The number of carbonyl (C=O) groups is 2. The van der Waals surface area contributed by atoms with Gasteiger partial charge in [-0.05, 0) is 62.0 Å². The van der Waals surface area contributed by atoms with Crippen LogP contribution in [0.2, 0.25) is 0 Å². The second kappa shape index (κ2) is 5.67. The molecule has 1 aromatic rings. The van der Waals surface area contributed by atoms with Crippen LogP contribution in [-0.4, -0.2) is 45.0 Å². The summed E-state index contributed by atoms with van der Waals surface area (Å²) in [6, 6.07) is 1.76. The second-order valence-corrected chi connectivity index (χ2v) is 8.65. The van der Waals surface area contributed by atoms with E-state index in [9.17, 15) is 14.7 Å². The number of rotatable bonds is 2. The molecule has 3 saturated carbocycles. The first kappa shape index (κ1) is 17.3. The van der Waals surface area contributed by atoms with Crippen molar-refractivity contribution in [3.8, 4) is 0 Å². The third kappa shape index (κ3) is 2.65. The Hall–Kier alpha value is -2.15. The third-order valence-electron chi connectivity index (χ3n) is 6.40. The number of aromatic nitrogens is 1. The van der Waals surface area contributed by atoms with Gasteiger partial charge in [-0.15, -0.1) is 0 Å². The number of anilines is 2. The number of hydrogen-bond donors (Lipinski definition) is 3. The molecule has 0 aromatic carbocycles. The van der Waals surface area contributed by atoms with Gasteiger partial charge in [0, 0.05) is 12.6 Å². The van der Waals surface area contributed by atoms with E-state index in [1.54, 1.807) is 17.9 Å². The molecule has 1 aromatic heterocycles. The molecule has 7 nitrogen and oxygen atoms in total. The van der Waals surface area contributed by atoms with Crippen molar-refractivity contribution >= 4 is 23.3 Å². The first-order chi connectivity index (χ1) is 12.2. The van der Waals surface area contributed by atoms with Crippen LogP contribution in [0.15, 0.2) is 12.3 Å². The lowest BCUT2D eigenvalue weighted by Crippen LogP contribution is -2.75. The minimum Gasteiger partial charge on any atom is -0.390 e. The molecule has 2 heterocycles. The largest absolute Gasteiger partial charge is 0.390 e. The Morgan fingerprint density at radius 1 is 1.35 bits per heavy atom. The molecule has 4 N–H and O–H groups in total. The maximum atomic E-state index is 12.9. The maximum Gasteiger partial charge on any atom is 0.313 e. The smallest absolute Gasteiger partial charge is 0.313 e. The zero-order valence-corrected chi connectivity index (χ0v) is 15.3. The van der Waals surface area contributed by atoms with E-state index in [1.807, 2.05) is 0 Å². The van der Waals surface area contributed by atoms with E-state index in [4.69, 9.17) is 5.73 Å². The predicted molar refractivity (Wildman–Crippen MR) is 97.1 cm³/mol. The average Bonchev–Trinajstić information content (AvgIpc) is 2.54. The number of amides is 2. The molecule has 0 unspecified atom stereocenters. The zero-order valence-electron chi connectivity index (χ0n) is 15.3. The van der Waals surface area contributed by atoms with E-state index in [1.165, 1.54) is 6.20 Å². The average molecular weight is 358 g/mol. The summed E-state index contributed by atoms with van der Waals surface area (Å²) >= 11 is 0. The number of piperidine rings is 1. The standard InChI is InChI=1S/C19H26N4O3/c1-11-3-4-14(18-8-19(26,9-18)10-18)23(7-11)17(25)16(24)22-13-5-12(2)15(20)21-6-13/h5-6,11,14,26H,3-4,7-10H2,1-2H3,(H2,20,21)(H,22,24)/t11-,14-,18?,19?/m0/s1. The van der Waals surface area contributed by atoms with Crippen LogP contribution < -0.4 is 11.1 Å². The number of likely N-dealkylation sites (tertiary alicyclic amines) is 1. The maximum absolute atomic E-state index is 12.9. The van der Waals surface area contributed by atoms with Crippen molar-refractivity contribution in [2.45, 2.75) is 57.6 Å². The monoisotopic (exact) mass is 358 g/mol. The molecule has 2 atom stereocenters. The molecule has 5 rings (SSSR count). The summed E-state index contributed by atoms with van der Waals surface area (Å²) in [6.07, 6.45) is 5.68. The van der Waals surface area contributed by atoms with Crippen molar-refractivity contribution < 1.29 is 14.7 Å². The van der Waals surface area contributed by atoms with Gasteiger partial charge in [0.15, 0.2) is 0 Å². The molecule has 4 aliphatic rings. The van der Waals surface area contributed by atoms with Crippen molar-refractivity contribution in [1.82, 2.24) is 9.88 Å². The van der Waals surface area contributed by atoms with Crippen molar-refractivity contribution in [2.75, 3.05) is 17.6 Å². The third-order valence-corrected chi connectivity index (χ3v) is 6.40. The Balaban J connectivity index is 1.49. The summed E-state index contributed by atoms with van der Waals surface area (Å²) in [5, 5.41) is 12.8. The van der Waals surface area contributed by atoms with Crippen LogP contribution in [0, 0.1) is 18.3 Å². The Labute approximate surface area is 153 Å². The number of pyridine rings is 1. The number of nitrogens with two attached hydrogens (primary N) is 1. The van der Waals surface area contributed by atoms with Crippen LogP contribution in [0.25, 0.3) is 0 Å². The van der Waals surface area contributed by atoms with Gasteiger partial charge in [0.25, 0.3) is 0 Å². The fourth-order valence-corrected chi connectivity index (χ4v) is 5.15. The quantitative estimate of drug-likeness (QED) is 0.694. The summed E-state index contributed by atoms with van der Waals surface area (Å²) < 4.78 is 0. The van der Waals surface area contributed by atoms with Crippen LogP contribution in [0.3, 0.4) is 0 Å². The molecule has 1 aliphatic heterocycles. The second-order valence-electron chi connectivity index (χ2n) is 8.65. The van der Waals surface area contributed by atoms with Crippen LogP contribution in [0.4, 0.5) is 11.5 Å². The highest BCUT2D eigenvalue weighted by molar-refractivity contribution is 6.39. The molecule has 3 aliphatic carbocycles. The lowest BCUT2D eigenvalue weighted by Gasteiger charge is -2.72. The molecule has 2 bridgehead atoms. The summed E-state index contributed by atoms with van der Waals surface area (Å²) in [6.45, 7) is 4.50. The topological polar surface area (TPSA) is 109 Å². The molecule has 2 amide bonds. The fraction of sp³-hybridized carbons (Fsp3) is 0.632. The summed E-state index contributed by atoms with van der Waals surface area (Å²) in [5.74, 6) is -0.354. The van der Waals surface area contributed by atoms with Gasteiger partial charge in [-0.25, -0.2) is 4.98 Å². The van der Waals surface area contributed by atoms with Gasteiger partial charge in [-0.3, -0.25) is 9.59 Å². The van der Waals surface area contributed by atoms with Crippen LogP contribution in [0.1, 0.15) is 44.6 Å². The van der Waals surface area contributed by atoms with E-state index in [-0.39, 0.29) is 11.5 Å². The highest BCUT2D eigenvalue weighted by atomic mass is 16.3. The molecule has 4 fully saturated rings. The highest BCUT2D eigenvalue weighted by Gasteiger charge is 2.71. The molecule has 0 spiro atoms. The van der Waals surface area contributed by atoms with Crippen LogP contribution >= 0.6 is 0 Å². The van der Waals surface area contributed by atoms with Gasteiger partial charge in [0.2, 0.25) is 0 Å². The van der Waals surface area contributed by atoms with Gasteiger partial charge < -0.3 is 21.1 Å². The van der Waals surface area contributed by atoms with Gasteiger partial charge >= 0.3 is 11.8 Å². The molecule has 140 valence electrons. The molecular weight excluding hydrogens is 332 g/mol. The van der Waals surface area contributed by atoms with E-state index in [2.05, 4.69) is 17.2 Å². The Morgan fingerprint density at radius 2 is 2.04 bits per heavy atom. The number of carbonyl (C=O) groups excluding carboxylic acids is 2. The SMILES string of the molecule is Cc1cc(NC(=O)C(=O)N2C[C@@H](C)CC[C@H]2C23CC(O)(C2)C3)cnc1N. The van der Waals surface area contributed by atoms with E-state index in [0.29, 0.717) is 24.0 Å². The highest BCUT2D eigenvalue weighted by Crippen LogP contribution is 2.70. The molecule has 26 heavy (non-hydrogen) atoms. The minimum atomic E-state index is -0.639. The Kier molecular flexibility index (Phi) is 3.77. The number of aryl methyl sites for hydroxylation is 1. The lowest BCUT2D eigenvalue weighted by atomic mass is 9.38. The lowest BCUT2D eigenvalue weighted by molar-refractivity contribution is -0.286. The molecular formula is C19H26N4O3. The van der Waals surface area contributed by atoms with Crippen molar-refractivity contribution in [2.24, 2.45) is 11.3 Å². The van der Waals surface area contributed by atoms with E-state index >= 15 is 0 Å². The minimum absolute atomic E-state index is 0.0180. The van der Waals surface area contributed by atoms with Crippen LogP contribution in [-0.2, 0) is 9.59 Å². The van der Waals surface area contributed by atoms with E-state index < -0.39 is 17.4 Å². The number of aliphatic hydroxyl groups is 1. The van der Waals surface area contributed by atoms with Gasteiger partial charge in [-0.1, -0.05) is 6.92 Å². The normalized spacial score (nSPS) is 35.3. The predicted octanol–water partition coefficient (Wildman–Crippen LogP) is 1.45. The zero-order chi connectivity index (χ0) is 18.7. The summed E-state index contributed by atoms with van der Waals surface area (Å²) in [7, 11) is 0. The molecule has 7 heteroatoms. The summed E-state index contributed by atoms with van der Waals surface area (Å²) in [5.41, 5.74) is 6.43. The first-order valence-electron chi connectivity index (χ1n) is 9.28. The number of hydrogen-bond acceptors (Lipinski definition) is 5. The van der Waals surface area contributed by atoms with Crippen molar-refractivity contribution in [3.63, 3.8) is 0 Å². The fourth-order valence-electron chi connectivity index (χ4n) is 5.15. The van der Waals surface area contributed by atoms with Gasteiger partial charge in [-0.2, -0.15) is 0 Å². The number of nitrogen functional groups attached to an aromatic ring is 1. The number of nitrogens with zero attached hydrogens (tertiary/aromatic N) is 2. The van der Waals surface area contributed by atoms with Crippen molar-refractivity contribution in [1.29, 1.82) is 0 Å². The summed E-state index contributed by atoms with van der Waals surface area (Å²) in [4.78, 5) is 31.2. The molecule has 1 saturated heterocycles. The van der Waals surface area contributed by atoms with Gasteiger partial charge in [0.1, 0.15) is 5.82 Å². The Morgan fingerprint density at radius 3 is 2.65 bits per heavy atom. The molecule has 0 radical (unpaired) electrons. The number of nitrogens with one attached hydrogen (secondary N) is 1. The van der Waals surface area contributed by atoms with Crippen LogP contribution in [0.5, 0.6) is 0 Å². The van der Waals surface area contributed by atoms with Gasteiger partial charge in [0.05, 0.1) is 17.5 Å². The first-order valence-corrected chi connectivity index (χ1v) is 9.28. The Bertz CT molecular complexity index is 758. The van der Waals surface area contributed by atoms with Crippen molar-refractivity contribution in [3.05, 3.63) is 17.8 Å². The van der Waals surface area contributed by atoms with E-state index in [0.717, 1.165) is 37.7 Å².